The monoisotopic (exact) mass is 330 g/mol. The van der Waals surface area contributed by atoms with Crippen LogP contribution in [-0.4, -0.2) is 10.2 Å². The Balaban J connectivity index is 0. The fourth-order valence-corrected chi connectivity index (χ4v) is 5.16. The van der Waals surface area contributed by atoms with Crippen molar-refractivity contribution < 1.29 is 57.7 Å². The normalized spacial score (nSPS) is 23.3. The second kappa shape index (κ2) is 8.39. The largest absolute Gasteiger partial charge is 1.00 e. The van der Waals surface area contributed by atoms with Crippen LogP contribution in [-0.2, 0) is 20.4 Å². The molecule has 0 aromatic rings. The third-order valence-corrected chi connectivity index (χ3v) is 5.49. The molecule has 1 unspecified atom stereocenters. The van der Waals surface area contributed by atoms with Crippen LogP contribution in [0.1, 0.15) is 32.6 Å². The fraction of sp³-hybridized carbons (Fsp3) is 0.636. The zero-order chi connectivity index (χ0) is 9.42. The Hall–Kier alpha value is 1.28. The molecule has 2 aliphatic carbocycles. The molecule has 2 aliphatic rings. The molecular formula is C11H17Cl3SiTi. The van der Waals surface area contributed by atoms with E-state index >= 15 is 0 Å². The summed E-state index contributed by atoms with van der Waals surface area (Å²) >= 11 is 2.36. The second-order valence-electron chi connectivity index (χ2n) is 4.21. The zero-order valence-corrected chi connectivity index (χ0v) is 15.6. The van der Waals surface area contributed by atoms with Crippen LogP contribution >= 0.6 is 0 Å². The van der Waals surface area contributed by atoms with E-state index in [1.807, 2.05) is 5.57 Å². The summed E-state index contributed by atoms with van der Waals surface area (Å²) in [7, 11) is 1.35. The Labute approximate surface area is 132 Å². The van der Waals surface area contributed by atoms with Crippen molar-refractivity contribution in [1.29, 1.82) is 0 Å². The van der Waals surface area contributed by atoms with Crippen LogP contribution in [0, 0.1) is 5.92 Å². The predicted octanol–water partition coefficient (Wildman–Crippen LogP) is -6.90. The Morgan fingerprint density at radius 2 is 1.75 bits per heavy atom. The molecule has 1 atom stereocenters. The summed E-state index contributed by atoms with van der Waals surface area (Å²) in [6.07, 6.45) is 5.64. The van der Waals surface area contributed by atoms with E-state index in [2.05, 4.69) is 27.4 Å². The van der Waals surface area contributed by atoms with Gasteiger partial charge >= 0.3 is 95.8 Å². The van der Waals surface area contributed by atoms with Crippen LogP contribution in [0.25, 0.3) is 0 Å². The molecule has 0 saturated carbocycles. The topological polar surface area (TPSA) is 0 Å². The molecule has 0 fully saturated rings. The van der Waals surface area contributed by atoms with E-state index in [-0.39, 0.29) is 37.2 Å². The molecule has 90 valence electrons. The van der Waals surface area contributed by atoms with E-state index in [4.69, 9.17) is 0 Å². The van der Waals surface area contributed by atoms with Gasteiger partial charge in [-0.2, -0.15) is 0 Å². The van der Waals surface area contributed by atoms with E-state index in [0.717, 1.165) is 5.92 Å². The smallest absolute Gasteiger partial charge is 1.00 e. The van der Waals surface area contributed by atoms with Crippen molar-refractivity contribution in [3.63, 3.8) is 0 Å². The molecule has 0 heterocycles. The summed E-state index contributed by atoms with van der Waals surface area (Å²) in [6.45, 7) is 2.34. The summed E-state index contributed by atoms with van der Waals surface area (Å²) in [5.41, 5.74) is 5.23. The average Bonchev–Trinajstić information content (AvgIpc) is 2.41. The first-order chi connectivity index (χ1) is 6.25. The van der Waals surface area contributed by atoms with Gasteiger partial charge in [-0.15, -0.1) is 0 Å². The molecule has 0 amide bonds. The third-order valence-electron chi connectivity index (χ3n) is 3.54. The van der Waals surface area contributed by atoms with Gasteiger partial charge in [0.15, 0.2) is 0 Å². The minimum absolute atomic E-state index is 0. The van der Waals surface area contributed by atoms with Crippen LogP contribution in [0.2, 0.25) is 6.04 Å². The summed E-state index contributed by atoms with van der Waals surface area (Å²) in [5, 5.41) is 0. The fourth-order valence-electron chi connectivity index (χ4n) is 2.79. The van der Waals surface area contributed by atoms with Crippen LogP contribution < -0.4 is 37.2 Å². The van der Waals surface area contributed by atoms with Gasteiger partial charge < -0.3 is 37.2 Å². The number of hydrogen-bond donors (Lipinski definition) is 0. The average molecular weight is 332 g/mol. The van der Waals surface area contributed by atoms with Gasteiger partial charge in [0.25, 0.3) is 0 Å². The van der Waals surface area contributed by atoms with Crippen molar-refractivity contribution in [3.8, 4) is 0 Å². The minimum Gasteiger partial charge on any atom is -1.00 e. The number of rotatable bonds is 1. The maximum atomic E-state index is 2.36. The van der Waals surface area contributed by atoms with E-state index in [1.54, 1.807) is 15.0 Å². The Morgan fingerprint density at radius 3 is 2.31 bits per heavy atom. The van der Waals surface area contributed by atoms with Crippen molar-refractivity contribution in [3.05, 3.63) is 20.6 Å². The van der Waals surface area contributed by atoms with Crippen LogP contribution in [0.4, 0.5) is 0 Å². The van der Waals surface area contributed by atoms with E-state index in [0.29, 0.717) is 0 Å². The summed E-state index contributed by atoms with van der Waals surface area (Å²) in [6, 6.07) is 1.45. The summed E-state index contributed by atoms with van der Waals surface area (Å²) in [4.78, 5) is 0. The number of hydrogen-bond acceptors (Lipinski definition) is 0. The van der Waals surface area contributed by atoms with Crippen molar-refractivity contribution in [2.75, 3.05) is 0 Å². The van der Waals surface area contributed by atoms with Crippen molar-refractivity contribution in [1.82, 2.24) is 0 Å². The zero-order valence-electron chi connectivity index (χ0n) is 9.75. The molecule has 2 rings (SSSR count). The quantitative estimate of drug-likeness (QED) is 0.419. The van der Waals surface area contributed by atoms with Crippen LogP contribution in [0.3, 0.4) is 0 Å². The van der Waals surface area contributed by atoms with E-state index < -0.39 is 0 Å². The van der Waals surface area contributed by atoms with Gasteiger partial charge in [0.05, 0.1) is 0 Å². The molecule has 5 heteroatoms. The molecule has 0 spiro atoms. The van der Waals surface area contributed by atoms with Gasteiger partial charge in [-0.1, -0.05) is 0 Å². The molecule has 0 bridgehead atoms. The summed E-state index contributed by atoms with van der Waals surface area (Å²) < 4.78 is 1.70. The molecule has 0 radical (unpaired) electrons. The SMILES string of the molecule is CC1=[C]([Ti+3])C(C[SiH3])C2=C1CCCC2.[Cl-].[Cl-].[Cl-]. The second-order valence-corrected chi connectivity index (χ2v) is 5.87. The van der Waals surface area contributed by atoms with E-state index in [1.165, 1.54) is 42.0 Å². The maximum Gasteiger partial charge on any atom is -1.00 e. The minimum atomic E-state index is 0. The first kappa shape index (κ1) is 19.6. The van der Waals surface area contributed by atoms with Crippen LogP contribution in [0.15, 0.2) is 20.6 Å². The Morgan fingerprint density at radius 1 is 1.19 bits per heavy atom. The van der Waals surface area contributed by atoms with Gasteiger partial charge in [-0.3, -0.25) is 0 Å². The Kier molecular flexibility index (Phi) is 10.3. The van der Waals surface area contributed by atoms with Crippen LogP contribution in [0.5, 0.6) is 0 Å². The molecule has 0 N–H and O–H groups in total. The molecule has 0 aliphatic heterocycles. The molecule has 16 heavy (non-hydrogen) atoms. The van der Waals surface area contributed by atoms with E-state index in [9.17, 15) is 0 Å². The van der Waals surface area contributed by atoms with Crippen molar-refractivity contribution in [2.24, 2.45) is 5.92 Å². The molecule has 0 aromatic heterocycles. The van der Waals surface area contributed by atoms with Gasteiger partial charge in [-0.25, -0.2) is 0 Å². The van der Waals surface area contributed by atoms with Gasteiger partial charge in [0.2, 0.25) is 0 Å². The van der Waals surface area contributed by atoms with Gasteiger partial charge in [0, 0.05) is 0 Å². The van der Waals surface area contributed by atoms with Gasteiger partial charge in [-0.05, 0) is 0 Å². The molecule has 0 aromatic carbocycles. The first-order valence-corrected chi connectivity index (χ1v) is 7.59. The Bertz CT molecular complexity index is 300. The predicted molar refractivity (Wildman–Crippen MR) is 56.4 cm³/mol. The molecular weight excluding hydrogens is 314 g/mol. The summed E-state index contributed by atoms with van der Waals surface area (Å²) in [5.74, 6) is 0.877. The molecule has 0 nitrogen and oxygen atoms in total. The number of allylic oxidation sites excluding steroid dienone is 4. The third kappa shape index (κ3) is 3.40. The maximum absolute atomic E-state index is 2.36. The first-order valence-electron chi connectivity index (χ1n) is 5.40. The number of halogens is 3. The standard InChI is InChI=1S/C11H17Si.3ClH.Ti/c1-8-6-9(7-12)11-5-3-2-4-10(8)11;;;;/h9H,2-5,7H2,1,12H3;3*1H;/q;;;;+3/p-3. The van der Waals surface area contributed by atoms with Crippen molar-refractivity contribution >= 4 is 10.2 Å². The van der Waals surface area contributed by atoms with Crippen molar-refractivity contribution in [2.45, 2.75) is 38.7 Å². The van der Waals surface area contributed by atoms with Gasteiger partial charge in [0.1, 0.15) is 0 Å². The molecule has 0 saturated heterocycles.